The zero-order valence-electron chi connectivity index (χ0n) is 14.4. The molecule has 2 rings (SSSR count). The minimum Gasteiger partial charge on any atom is -0.363 e. The highest BCUT2D eigenvalue weighted by Crippen LogP contribution is 2.38. The fourth-order valence-corrected chi connectivity index (χ4v) is 3.85. The highest BCUT2D eigenvalue weighted by Gasteiger charge is 2.28. The van der Waals surface area contributed by atoms with E-state index in [-0.39, 0.29) is 6.17 Å². The molecule has 1 atom stereocenters. The van der Waals surface area contributed by atoms with Crippen LogP contribution in [0.1, 0.15) is 33.6 Å². The van der Waals surface area contributed by atoms with Crippen LogP contribution in [0.2, 0.25) is 0 Å². The minimum absolute atomic E-state index is 0.223. The smallest absolute Gasteiger partial charge is 0.107 e. The third-order valence-electron chi connectivity index (χ3n) is 3.84. The van der Waals surface area contributed by atoms with Gasteiger partial charge in [-0.3, -0.25) is 0 Å². The van der Waals surface area contributed by atoms with E-state index < -0.39 is 0 Å². The van der Waals surface area contributed by atoms with Crippen molar-refractivity contribution in [1.29, 1.82) is 0 Å². The molecule has 1 N–H and O–H groups in total. The Morgan fingerprint density at radius 1 is 1.21 bits per heavy atom. The predicted octanol–water partition coefficient (Wildman–Crippen LogP) is 7.08. The molecule has 1 aromatic carbocycles. The van der Waals surface area contributed by atoms with Crippen LogP contribution in [0.3, 0.4) is 0 Å². The molecule has 1 aliphatic rings. The number of hydrogen-bond donors (Lipinski definition) is 1. The van der Waals surface area contributed by atoms with Gasteiger partial charge in [0, 0.05) is 16.6 Å². The summed E-state index contributed by atoms with van der Waals surface area (Å²) >= 11 is 7.08. The van der Waals surface area contributed by atoms with Crippen LogP contribution in [0.4, 0.5) is 11.4 Å². The molecule has 1 aliphatic heterocycles. The first-order valence-corrected chi connectivity index (χ1v) is 9.73. The SMILES string of the molecule is CC=CCC=C(C)N1c2ccccc2NC1CC=C(Br)C=C(C)Br. The quantitative estimate of drug-likeness (QED) is 0.367. The Hall–Kier alpha value is -1.26. The molecule has 0 aromatic heterocycles. The number of hydrogen-bond acceptors (Lipinski definition) is 2. The summed E-state index contributed by atoms with van der Waals surface area (Å²) in [7, 11) is 0. The molecule has 0 bridgehead atoms. The van der Waals surface area contributed by atoms with E-state index in [0.29, 0.717) is 0 Å². The Kier molecular flexibility index (Phi) is 7.38. The molecule has 2 nitrogen and oxygen atoms in total. The van der Waals surface area contributed by atoms with E-state index in [0.717, 1.165) is 21.8 Å². The normalized spacial score (nSPS) is 19.0. The molecule has 4 heteroatoms. The van der Waals surface area contributed by atoms with Gasteiger partial charge in [0.15, 0.2) is 0 Å². The molecule has 0 amide bonds. The maximum absolute atomic E-state index is 3.63. The van der Waals surface area contributed by atoms with Crippen molar-refractivity contribution < 1.29 is 0 Å². The van der Waals surface area contributed by atoms with E-state index >= 15 is 0 Å². The van der Waals surface area contributed by atoms with Crippen molar-refractivity contribution in [2.24, 2.45) is 0 Å². The molecule has 0 saturated heterocycles. The molecule has 0 spiro atoms. The summed E-state index contributed by atoms with van der Waals surface area (Å²) in [5, 5.41) is 3.63. The molecule has 0 fully saturated rings. The molecule has 1 unspecified atom stereocenters. The minimum atomic E-state index is 0.223. The monoisotopic (exact) mass is 450 g/mol. The molecular formula is C20H24Br2N2. The molecule has 0 aliphatic carbocycles. The predicted molar refractivity (Wildman–Crippen MR) is 114 cm³/mol. The Labute approximate surface area is 162 Å². The third kappa shape index (κ3) is 5.12. The lowest BCUT2D eigenvalue weighted by molar-refractivity contribution is 0.738. The standard InChI is InChI=1S/C20H24Br2N2/c1-4-5-6-9-16(3)24-19-11-8-7-10-18(19)23-20(24)13-12-17(22)14-15(2)21/h4-5,7-12,14,20,23H,6,13H2,1-3H3. The van der Waals surface area contributed by atoms with Gasteiger partial charge in [-0.2, -0.15) is 0 Å². The number of fused-ring (bicyclic) bond motifs is 1. The van der Waals surface area contributed by atoms with Crippen molar-refractivity contribution in [3.05, 3.63) is 69.3 Å². The fraction of sp³-hybridized carbons (Fsp3) is 0.300. The van der Waals surface area contributed by atoms with Crippen LogP contribution in [0.5, 0.6) is 0 Å². The van der Waals surface area contributed by atoms with Gasteiger partial charge in [-0.1, -0.05) is 68.3 Å². The Balaban J connectivity index is 2.24. The topological polar surface area (TPSA) is 15.3 Å². The molecule has 1 aromatic rings. The van der Waals surface area contributed by atoms with Gasteiger partial charge in [-0.25, -0.2) is 0 Å². The van der Waals surface area contributed by atoms with E-state index in [4.69, 9.17) is 0 Å². The lowest BCUT2D eigenvalue weighted by atomic mass is 10.2. The van der Waals surface area contributed by atoms with Crippen molar-refractivity contribution in [2.45, 2.75) is 39.8 Å². The fourth-order valence-electron chi connectivity index (χ4n) is 2.76. The van der Waals surface area contributed by atoms with Crippen molar-refractivity contribution in [2.75, 3.05) is 10.2 Å². The number of nitrogens with one attached hydrogen (secondary N) is 1. The van der Waals surface area contributed by atoms with Crippen LogP contribution >= 0.6 is 31.9 Å². The number of halogens is 2. The second-order valence-corrected chi connectivity index (χ2v) is 7.92. The van der Waals surface area contributed by atoms with Gasteiger partial charge in [0.25, 0.3) is 0 Å². The summed E-state index contributed by atoms with van der Waals surface area (Å²) in [6.07, 6.45) is 12.9. The summed E-state index contributed by atoms with van der Waals surface area (Å²) in [6.45, 7) is 6.27. The van der Waals surface area contributed by atoms with Crippen molar-refractivity contribution >= 4 is 43.2 Å². The molecule has 128 valence electrons. The van der Waals surface area contributed by atoms with Crippen molar-refractivity contribution in [1.82, 2.24) is 0 Å². The summed E-state index contributed by atoms with van der Waals surface area (Å²) in [4.78, 5) is 2.39. The van der Waals surface area contributed by atoms with Gasteiger partial charge in [0.2, 0.25) is 0 Å². The third-order valence-corrected chi connectivity index (χ3v) is 4.62. The van der Waals surface area contributed by atoms with E-state index in [1.165, 1.54) is 17.1 Å². The van der Waals surface area contributed by atoms with Crippen molar-refractivity contribution in [3.8, 4) is 0 Å². The first-order valence-electron chi connectivity index (χ1n) is 8.15. The lowest BCUT2D eigenvalue weighted by Gasteiger charge is -2.27. The summed E-state index contributed by atoms with van der Waals surface area (Å²) in [6, 6.07) is 8.49. The van der Waals surface area contributed by atoms with E-state index in [1.54, 1.807) is 0 Å². The zero-order chi connectivity index (χ0) is 17.5. The Morgan fingerprint density at radius 2 is 1.96 bits per heavy atom. The van der Waals surface area contributed by atoms with Crippen LogP contribution in [-0.2, 0) is 0 Å². The molecule has 24 heavy (non-hydrogen) atoms. The zero-order valence-corrected chi connectivity index (χ0v) is 17.6. The number of benzene rings is 1. The summed E-state index contributed by atoms with van der Waals surface area (Å²) in [5.41, 5.74) is 3.71. The number of allylic oxidation sites excluding steroid dienone is 7. The van der Waals surface area contributed by atoms with Gasteiger partial charge >= 0.3 is 0 Å². The van der Waals surface area contributed by atoms with Crippen LogP contribution < -0.4 is 10.2 Å². The van der Waals surface area contributed by atoms with E-state index in [9.17, 15) is 0 Å². The average molecular weight is 452 g/mol. The number of para-hydroxylation sites is 2. The number of rotatable bonds is 6. The highest BCUT2D eigenvalue weighted by atomic mass is 79.9. The second kappa shape index (κ2) is 9.28. The van der Waals surface area contributed by atoms with Crippen LogP contribution in [0.25, 0.3) is 0 Å². The highest BCUT2D eigenvalue weighted by molar-refractivity contribution is 9.12. The lowest BCUT2D eigenvalue weighted by Crippen LogP contribution is -2.33. The Morgan fingerprint density at radius 3 is 2.67 bits per heavy atom. The maximum atomic E-state index is 3.63. The largest absolute Gasteiger partial charge is 0.363 e. The summed E-state index contributed by atoms with van der Waals surface area (Å²) in [5.74, 6) is 0. The van der Waals surface area contributed by atoms with E-state index in [1.807, 2.05) is 6.92 Å². The van der Waals surface area contributed by atoms with Crippen LogP contribution in [0, 0.1) is 0 Å². The van der Waals surface area contributed by atoms with Gasteiger partial charge in [-0.05, 0) is 49.9 Å². The van der Waals surface area contributed by atoms with E-state index in [2.05, 4.69) is 111 Å². The Bertz CT molecular complexity index is 683. The van der Waals surface area contributed by atoms with Crippen molar-refractivity contribution in [3.63, 3.8) is 0 Å². The summed E-state index contributed by atoms with van der Waals surface area (Å²) < 4.78 is 2.19. The van der Waals surface area contributed by atoms with Crippen LogP contribution in [0.15, 0.2) is 69.3 Å². The second-order valence-electron chi connectivity index (χ2n) is 5.75. The molecule has 0 radical (unpaired) electrons. The first-order chi connectivity index (χ1) is 11.5. The van der Waals surface area contributed by atoms with Gasteiger partial charge < -0.3 is 10.2 Å². The average Bonchev–Trinajstić information content (AvgIpc) is 2.91. The first kappa shape index (κ1) is 19.1. The number of nitrogens with zero attached hydrogens (tertiary/aromatic N) is 1. The molecular weight excluding hydrogens is 428 g/mol. The molecule has 0 saturated carbocycles. The maximum Gasteiger partial charge on any atom is 0.107 e. The molecule has 1 heterocycles. The van der Waals surface area contributed by atoms with Gasteiger partial charge in [0.1, 0.15) is 6.17 Å². The van der Waals surface area contributed by atoms with Gasteiger partial charge in [0.05, 0.1) is 11.4 Å². The van der Waals surface area contributed by atoms with Crippen LogP contribution in [-0.4, -0.2) is 6.17 Å². The number of anilines is 2. The van der Waals surface area contributed by atoms with Gasteiger partial charge in [-0.15, -0.1) is 0 Å².